The van der Waals surface area contributed by atoms with Gasteiger partial charge in [-0.2, -0.15) is 8.42 Å². The first-order valence-corrected chi connectivity index (χ1v) is 6.36. The van der Waals surface area contributed by atoms with Gasteiger partial charge in [-0.15, -0.1) is 0 Å². The average molecular weight is 235 g/mol. The van der Waals surface area contributed by atoms with Crippen LogP contribution in [0.3, 0.4) is 0 Å². The van der Waals surface area contributed by atoms with Crippen LogP contribution >= 0.6 is 0 Å². The zero-order valence-electron chi connectivity index (χ0n) is 8.61. The fourth-order valence-corrected chi connectivity index (χ4v) is 1.67. The first kappa shape index (κ1) is 14.1. The lowest BCUT2D eigenvalue weighted by atomic mass is 10.1. The molecule has 15 heavy (non-hydrogen) atoms. The van der Waals surface area contributed by atoms with Gasteiger partial charge in [0.15, 0.2) is 0 Å². The molecule has 6 heteroatoms. The summed E-state index contributed by atoms with van der Waals surface area (Å²) in [7, 11) is -3.83. The molecule has 0 aliphatic rings. The van der Waals surface area contributed by atoms with E-state index >= 15 is 0 Å². The first-order chi connectivity index (χ1) is 6.83. The molecule has 88 valence electrons. The first-order valence-electron chi connectivity index (χ1n) is 4.75. The van der Waals surface area contributed by atoms with Crippen molar-refractivity contribution in [3.8, 4) is 0 Å². The summed E-state index contributed by atoms with van der Waals surface area (Å²) in [6, 6.07) is 0. The van der Waals surface area contributed by atoms with Gasteiger partial charge in [0.05, 0.1) is 5.75 Å². The summed E-state index contributed by atoms with van der Waals surface area (Å²) in [5, 5.41) is 0. The largest absolute Gasteiger partial charge is 0.366 e. The fraction of sp³-hybridized carbons (Fsp3) is 0.667. The van der Waals surface area contributed by atoms with Gasteiger partial charge in [0.2, 0.25) is 5.91 Å². The Labute approximate surface area is 90.1 Å². The molecule has 5 nitrogen and oxygen atoms in total. The molecule has 0 fully saturated rings. The zero-order valence-corrected chi connectivity index (χ0v) is 9.42. The number of rotatable bonds is 8. The van der Waals surface area contributed by atoms with E-state index in [0.717, 1.165) is 12.8 Å². The van der Waals surface area contributed by atoms with Crippen molar-refractivity contribution >= 4 is 16.0 Å². The van der Waals surface area contributed by atoms with Crippen LogP contribution in [-0.2, 0) is 14.9 Å². The van der Waals surface area contributed by atoms with Gasteiger partial charge in [0.25, 0.3) is 10.1 Å². The highest BCUT2D eigenvalue weighted by atomic mass is 32.2. The predicted molar refractivity (Wildman–Crippen MR) is 57.8 cm³/mol. The minimum atomic E-state index is -3.83. The Balaban J connectivity index is 3.41. The molecule has 0 rings (SSSR count). The molecule has 3 N–H and O–H groups in total. The van der Waals surface area contributed by atoms with Crippen LogP contribution in [-0.4, -0.2) is 24.6 Å². The minimum absolute atomic E-state index is 0.205. The molecule has 0 aromatic heterocycles. The molecule has 0 aliphatic heterocycles. The second-order valence-electron chi connectivity index (χ2n) is 3.42. The summed E-state index contributed by atoms with van der Waals surface area (Å²) in [6.07, 6.45) is 3.23. The van der Waals surface area contributed by atoms with Crippen LogP contribution in [0.4, 0.5) is 0 Å². The quantitative estimate of drug-likeness (QED) is 0.370. The van der Waals surface area contributed by atoms with Crippen molar-refractivity contribution in [3.63, 3.8) is 0 Å². The van der Waals surface area contributed by atoms with Gasteiger partial charge in [-0.3, -0.25) is 9.35 Å². The Kier molecular flexibility index (Phi) is 6.19. The number of hydrogen-bond acceptors (Lipinski definition) is 3. The smallest absolute Gasteiger partial charge is 0.264 e. The lowest BCUT2D eigenvalue weighted by Crippen LogP contribution is -2.12. The summed E-state index contributed by atoms with van der Waals surface area (Å²) in [5.74, 6) is -0.697. The van der Waals surface area contributed by atoms with Crippen molar-refractivity contribution in [2.24, 2.45) is 5.73 Å². The minimum Gasteiger partial charge on any atom is -0.366 e. The third-order valence-corrected chi connectivity index (χ3v) is 2.78. The molecule has 0 saturated heterocycles. The van der Waals surface area contributed by atoms with Crippen LogP contribution < -0.4 is 5.73 Å². The topological polar surface area (TPSA) is 97.5 Å². The zero-order chi connectivity index (χ0) is 11.9. The van der Waals surface area contributed by atoms with Crippen LogP contribution in [0.5, 0.6) is 0 Å². The van der Waals surface area contributed by atoms with Crippen LogP contribution in [0.15, 0.2) is 12.2 Å². The molecule has 0 saturated carbocycles. The standard InChI is InChI=1S/C9H17NO4S/c1-8(9(10)11)6-4-2-3-5-7-15(12,13)14/h1-7H2,(H2,10,11)(H,12,13,14). The van der Waals surface area contributed by atoms with E-state index in [-0.39, 0.29) is 5.75 Å². The van der Waals surface area contributed by atoms with E-state index in [4.69, 9.17) is 10.3 Å². The fourth-order valence-electron chi connectivity index (χ4n) is 1.10. The van der Waals surface area contributed by atoms with Crippen molar-refractivity contribution in [1.29, 1.82) is 0 Å². The van der Waals surface area contributed by atoms with Gasteiger partial charge >= 0.3 is 0 Å². The number of carbonyl (C=O) groups excluding carboxylic acids is 1. The van der Waals surface area contributed by atoms with Crippen LogP contribution in [0, 0.1) is 0 Å². The van der Waals surface area contributed by atoms with Crippen LogP contribution in [0.1, 0.15) is 32.1 Å². The van der Waals surface area contributed by atoms with Gasteiger partial charge in [-0.1, -0.05) is 19.4 Å². The Bertz CT molecular complexity index is 321. The van der Waals surface area contributed by atoms with Crippen LogP contribution in [0.25, 0.3) is 0 Å². The third-order valence-electron chi connectivity index (χ3n) is 1.98. The molecule has 1 amide bonds. The van der Waals surface area contributed by atoms with Crippen molar-refractivity contribution in [1.82, 2.24) is 0 Å². The van der Waals surface area contributed by atoms with Crippen molar-refractivity contribution < 1.29 is 17.8 Å². The lowest BCUT2D eigenvalue weighted by molar-refractivity contribution is -0.114. The maximum Gasteiger partial charge on any atom is 0.264 e. The summed E-state index contributed by atoms with van der Waals surface area (Å²) in [5.41, 5.74) is 5.38. The Morgan fingerprint density at radius 1 is 1.20 bits per heavy atom. The van der Waals surface area contributed by atoms with E-state index in [1.165, 1.54) is 0 Å². The highest BCUT2D eigenvalue weighted by molar-refractivity contribution is 7.85. The van der Waals surface area contributed by atoms with E-state index in [1.54, 1.807) is 0 Å². The number of primary amides is 1. The maximum absolute atomic E-state index is 10.6. The van der Waals surface area contributed by atoms with E-state index < -0.39 is 16.0 Å². The summed E-state index contributed by atoms with van der Waals surface area (Å²) in [4.78, 5) is 10.6. The average Bonchev–Trinajstić information content (AvgIpc) is 2.08. The summed E-state index contributed by atoms with van der Waals surface area (Å²) in [6.45, 7) is 3.50. The number of nitrogens with two attached hydrogens (primary N) is 1. The second-order valence-corrected chi connectivity index (χ2v) is 4.99. The van der Waals surface area contributed by atoms with Crippen molar-refractivity contribution in [3.05, 3.63) is 12.2 Å². The van der Waals surface area contributed by atoms with Crippen LogP contribution in [0.2, 0.25) is 0 Å². The maximum atomic E-state index is 10.6. The summed E-state index contributed by atoms with van der Waals surface area (Å²) < 4.78 is 29.1. The molecule has 0 heterocycles. The van der Waals surface area contributed by atoms with Gasteiger partial charge in [0, 0.05) is 5.57 Å². The molecule has 0 spiro atoms. The number of unbranched alkanes of at least 4 members (excludes halogenated alkanes) is 3. The van der Waals surface area contributed by atoms with E-state index in [9.17, 15) is 13.2 Å². The van der Waals surface area contributed by atoms with Crippen molar-refractivity contribution in [2.45, 2.75) is 32.1 Å². The summed E-state index contributed by atoms with van der Waals surface area (Å²) >= 11 is 0. The number of hydrogen-bond donors (Lipinski definition) is 2. The SMILES string of the molecule is C=C(CCCCCCS(=O)(=O)O)C(N)=O. The molecule has 0 aromatic rings. The number of amides is 1. The Morgan fingerprint density at radius 3 is 2.20 bits per heavy atom. The number of carbonyl (C=O) groups is 1. The van der Waals surface area contributed by atoms with Gasteiger partial charge < -0.3 is 5.73 Å². The third kappa shape index (κ3) is 9.42. The van der Waals surface area contributed by atoms with Gasteiger partial charge in [-0.05, 0) is 19.3 Å². The molecule has 0 aromatic carbocycles. The lowest BCUT2D eigenvalue weighted by Gasteiger charge is -2.01. The molecule has 0 atom stereocenters. The van der Waals surface area contributed by atoms with E-state index in [1.807, 2.05) is 0 Å². The highest BCUT2D eigenvalue weighted by Crippen LogP contribution is 2.08. The van der Waals surface area contributed by atoms with E-state index in [0.29, 0.717) is 24.8 Å². The van der Waals surface area contributed by atoms with E-state index in [2.05, 4.69) is 6.58 Å². The molecule has 0 radical (unpaired) electrons. The Morgan fingerprint density at radius 2 is 1.73 bits per heavy atom. The monoisotopic (exact) mass is 235 g/mol. The molecular weight excluding hydrogens is 218 g/mol. The predicted octanol–water partition coefficient (Wildman–Crippen LogP) is 0.866. The molecule has 0 aliphatic carbocycles. The molecule has 0 bridgehead atoms. The second kappa shape index (κ2) is 6.58. The van der Waals surface area contributed by atoms with Gasteiger partial charge in [-0.25, -0.2) is 0 Å². The van der Waals surface area contributed by atoms with Crippen molar-refractivity contribution in [2.75, 3.05) is 5.75 Å². The molecular formula is C9H17NO4S. The van der Waals surface area contributed by atoms with Gasteiger partial charge in [0.1, 0.15) is 0 Å². The molecule has 0 unspecified atom stereocenters. The highest BCUT2D eigenvalue weighted by Gasteiger charge is 2.04. The normalized spacial score (nSPS) is 11.3. The Hall–Kier alpha value is -0.880.